The molecular weight excluding hydrogens is 346 g/mol. The van der Waals surface area contributed by atoms with E-state index in [1.165, 1.54) is 12.1 Å². The molecule has 1 aliphatic heterocycles. The summed E-state index contributed by atoms with van der Waals surface area (Å²) in [5.41, 5.74) is 10.1. The molecule has 0 bridgehead atoms. The van der Waals surface area contributed by atoms with Crippen LogP contribution in [0.2, 0.25) is 0 Å². The van der Waals surface area contributed by atoms with E-state index in [4.69, 9.17) is 5.73 Å². The predicted octanol–water partition coefficient (Wildman–Crippen LogP) is 4.19. The maximum absolute atomic E-state index is 13.8. The lowest BCUT2D eigenvalue weighted by Crippen LogP contribution is -2.26. The van der Waals surface area contributed by atoms with Crippen molar-refractivity contribution in [1.29, 1.82) is 0 Å². The topological polar surface area (TPSA) is 45.4 Å². The van der Waals surface area contributed by atoms with Gasteiger partial charge in [0, 0.05) is 42.6 Å². The van der Waals surface area contributed by atoms with Gasteiger partial charge in [-0.3, -0.25) is 0 Å². The normalized spacial score (nSPS) is 14.7. The number of hydrogen-bond acceptors (Lipinski definition) is 4. The van der Waals surface area contributed by atoms with E-state index in [9.17, 15) is 8.78 Å². The van der Waals surface area contributed by atoms with Gasteiger partial charge in [-0.2, -0.15) is 0 Å². The summed E-state index contributed by atoms with van der Waals surface area (Å²) in [6.07, 6.45) is 0. The van der Waals surface area contributed by atoms with E-state index in [0.29, 0.717) is 18.1 Å². The second-order valence-electron chi connectivity index (χ2n) is 6.81. The molecule has 1 aliphatic rings. The molecule has 4 nitrogen and oxygen atoms in total. The molecule has 0 radical (unpaired) electrons. The van der Waals surface area contributed by atoms with Gasteiger partial charge in [0.25, 0.3) is 0 Å². The monoisotopic (exact) mass is 366 g/mol. The molecule has 138 valence electrons. The van der Waals surface area contributed by atoms with Crippen molar-refractivity contribution in [1.82, 2.24) is 9.88 Å². The van der Waals surface area contributed by atoms with Gasteiger partial charge >= 0.3 is 0 Å². The molecule has 2 N–H and O–H groups in total. The number of likely N-dealkylation sites (N-methyl/N-ethyl adjacent to an activating group) is 1. The molecule has 4 rings (SSSR count). The molecule has 1 aromatic heterocycles. The number of rotatable bonds is 2. The van der Waals surface area contributed by atoms with Crippen molar-refractivity contribution in [3.05, 3.63) is 71.8 Å². The van der Waals surface area contributed by atoms with Crippen molar-refractivity contribution in [3.8, 4) is 11.3 Å². The fraction of sp³-hybridized carbons (Fsp3) is 0.190. The van der Waals surface area contributed by atoms with Crippen LogP contribution in [0.5, 0.6) is 0 Å². The van der Waals surface area contributed by atoms with Crippen LogP contribution >= 0.6 is 0 Å². The Morgan fingerprint density at radius 1 is 0.963 bits per heavy atom. The summed E-state index contributed by atoms with van der Waals surface area (Å²) in [6, 6.07) is 15.2. The number of nitrogen functional groups attached to an aromatic ring is 1. The van der Waals surface area contributed by atoms with E-state index >= 15 is 0 Å². The standard InChI is InChI=1S/C21H20F2N4/c1-26-7-8-27(18-11-16(22)10-17(23)12-18)20-6-5-14(9-15(20)13-26)19-3-2-4-21(24)25-19/h2-6,9-12H,7-8,13H2,1H3,(H2,24,25). The van der Waals surface area contributed by atoms with Gasteiger partial charge in [-0.05, 0) is 49.0 Å². The molecule has 0 amide bonds. The van der Waals surface area contributed by atoms with Crippen molar-refractivity contribution in [2.24, 2.45) is 0 Å². The van der Waals surface area contributed by atoms with Gasteiger partial charge in [0.15, 0.2) is 0 Å². The molecule has 0 fully saturated rings. The number of nitrogens with zero attached hydrogens (tertiary/aromatic N) is 3. The molecule has 3 aromatic rings. The first-order valence-electron chi connectivity index (χ1n) is 8.77. The summed E-state index contributed by atoms with van der Waals surface area (Å²) in [5, 5.41) is 0. The number of benzene rings is 2. The molecule has 0 saturated heterocycles. The van der Waals surface area contributed by atoms with Crippen molar-refractivity contribution in [3.63, 3.8) is 0 Å². The highest BCUT2D eigenvalue weighted by molar-refractivity contribution is 5.72. The van der Waals surface area contributed by atoms with Crippen LogP contribution < -0.4 is 10.6 Å². The third kappa shape index (κ3) is 3.61. The highest BCUT2D eigenvalue weighted by atomic mass is 19.1. The third-order valence-electron chi connectivity index (χ3n) is 4.74. The number of anilines is 3. The fourth-order valence-corrected chi connectivity index (χ4v) is 3.47. The Hall–Kier alpha value is -2.99. The zero-order chi connectivity index (χ0) is 19.0. The van der Waals surface area contributed by atoms with Crippen molar-refractivity contribution in [2.45, 2.75) is 6.54 Å². The van der Waals surface area contributed by atoms with Crippen LogP contribution in [0.4, 0.5) is 26.0 Å². The van der Waals surface area contributed by atoms with Crippen LogP contribution in [-0.2, 0) is 6.54 Å². The van der Waals surface area contributed by atoms with Crippen LogP contribution in [0, 0.1) is 11.6 Å². The lowest BCUT2D eigenvalue weighted by Gasteiger charge is -2.25. The van der Waals surface area contributed by atoms with Gasteiger partial charge in [-0.15, -0.1) is 0 Å². The zero-order valence-corrected chi connectivity index (χ0v) is 15.0. The summed E-state index contributed by atoms with van der Waals surface area (Å²) < 4.78 is 27.5. The minimum absolute atomic E-state index is 0.469. The SMILES string of the molecule is CN1CCN(c2cc(F)cc(F)c2)c2ccc(-c3cccc(N)n3)cc2C1. The number of halogens is 2. The van der Waals surface area contributed by atoms with Gasteiger partial charge in [-0.25, -0.2) is 13.8 Å². The molecule has 27 heavy (non-hydrogen) atoms. The molecule has 0 atom stereocenters. The smallest absolute Gasteiger partial charge is 0.128 e. The largest absolute Gasteiger partial charge is 0.384 e. The van der Waals surface area contributed by atoms with E-state index < -0.39 is 11.6 Å². The lowest BCUT2D eigenvalue weighted by molar-refractivity contribution is 0.343. The van der Waals surface area contributed by atoms with Crippen LogP contribution in [-0.4, -0.2) is 30.0 Å². The number of pyridine rings is 1. The van der Waals surface area contributed by atoms with Crippen LogP contribution in [0.15, 0.2) is 54.6 Å². The Morgan fingerprint density at radius 2 is 1.74 bits per heavy atom. The van der Waals surface area contributed by atoms with Gasteiger partial charge in [0.2, 0.25) is 0 Å². The molecular formula is C21H20F2N4. The molecule has 0 spiro atoms. The van der Waals surface area contributed by atoms with Crippen LogP contribution in [0.1, 0.15) is 5.56 Å². The lowest BCUT2D eigenvalue weighted by atomic mass is 10.0. The Balaban J connectivity index is 1.80. The number of fused-ring (bicyclic) bond motifs is 1. The van der Waals surface area contributed by atoms with Crippen LogP contribution in [0.3, 0.4) is 0 Å². The minimum atomic E-state index is -0.579. The number of nitrogens with two attached hydrogens (primary N) is 1. The highest BCUT2D eigenvalue weighted by Crippen LogP contribution is 2.34. The first-order valence-corrected chi connectivity index (χ1v) is 8.77. The van der Waals surface area contributed by atoms with Gasteiger partial charge in [0.1, 0.15) is 17.5 Å². The van der Waals surface area contributed by atoms with Crippen molar-refractivity contribution >= 4 is 17.2 Å². The molecule has 2 aromatic carbocycles. The fourth-order valence-electron chi connectivity index (χ4n) is 3.47. The minimum Gasteiger partial charge on any atom is -0.384 e. The van der Waals surface area contributed by atoms with Gasteiger partial charge in [-0.1, -0.05) is 12.1 Å². The van der Waals surface area contributed by atoms with E-state index in [2.05, 4.69) is 16.0 Å². The Kier molecular flexibility index (Phi) is 4.49. The third-order valence-corrected chi connectivity index (χ3v) is 4.74. The Bertz CT molecular complexity index is 969. The van der Waals surface area contributed by atoms with E-state index in [0.717, 1.165) is 41.7 Å². The average molecular weight is 366 g/mol. The van der Waals surface area contributed by atoms with Gasteiger partial charge < -0.3 is 15.5 Å². The van der Waals surface area contributed by atoms with E-state index in [-0.39, 0.29) is 0 Å². The first kappa shape index (κ1) is 17.4. The second kappa shape index (κ2) is 6.96. The van der Waals surface area contributed by atoms with Gasteiger partial charge in [0.05, 0.1) is 5.69 Å². The zero-order valence-electron chi connectivity index (χ0n) is 15.0. The summed E-state index contributed by atoms with van der Waals surface area (Å²) in [7, 11) is 2.03. The molecule has 0 saturated carbocycles. The predicted molar refractivity (Wildman–Crippen MR) is 104 cm³/mol. The highest BCUT2D eigenvalue weighted by Gasteiger charge is 2.21. The quantitative estimate of drug-likeness (QED) is 0.739. The van der Waals surface area contributed by atoms with Crippen molar-refractivity contribution in [2.75, 3.05) is 30.8 Å². The first-order chi connectivity index (χ1) is 13.0. The maximum atomic E-state index is 13.8. The van der Waals surface area contributed by atoms with E-state index in [1.807, 2.05) is 36.2 Å². The Labute approximate surface area is 156 Å². The van der Waals surface area contributed by atoms with Crippen molar-refractivity contribution < 1.29 is 8.78 Å². The summed E-state index contributed by atoms with van der Waals surface area (Å²) >= 11 is 0. The summed E-state index contributed by atoms with van der Waals surface area (Å²) in [4.78, 5) is 8.53. The summed E-state index contributed by atoms with van der Waals surface area (Å²) in [5.74, 6) is -0.689. The maximum Gasteiger partial charge on any atom is 0.128 e. The second-order valence-corrected chi connectivity index (χ2v) is 6.81. The molecule has 0 unspecified atom stereocenters. The van der Waals surface area contributed by atoms with E-state index in [1.54, 1.807) is 6.07 Å². The molecule has 6 heteroatoms. The Morgan fingerprint density at radius 3 is 2.48 bits per heavy atom. The summed E-state index contributed by atoms with van der Waals surface area (Å²) in [6.45, 7) is 2.15. The molecule has 0 aliphatic carbocycles. The number of hydrogen-bond donors (Lipinski definition) is 1. The number of aromatic nitrogens is 1. The average Bonchev–Trinajstić information content (AvgIpc) is 2.78. The van der Waals surface area contributed by atoms with Crippen LogP contribution in [0.25, 0.3) is 11.3 Å². The molecule has 2 heterocycles.